The molecule has 4 rings (SSSR count). The van der Waals surface area contributed by atoms with Gasteiger partial charge in [-0.15, -0.1) is 0 Å². The minimum Gasteiger partial charge on any atom is -0.390 e. The van der Waals surface area contributed by atoms with Crippen molar-refractivity contribution in [2.45, 2.75) is 18.9 Å². The zero-order chi connectivity index (χ0) is 18.3. The fourth-order valence-electron chi connectivity index (χ4n) is 3.45. The molecular weight excluding hydrogens is 340 g/mol. The SMILES string of the molecule is N=C(CO)c1cnn2ccc(N3CCC[C@@H]3c3cc(F)ccc3F)nc12. The molecule has 26 heavy (non-hydrogen) atoms. The summed E-state index contributed by atoms with van der Waals surface area (Å²) in [6, 6.07) is 4.96. The number of fused-ring (bicyclic) bond motifs is 1. The molecule has 6 nitrogen and oxygen atoms in total. The van der Waals surface area contributed by atoms with Gasteiger partial charge in [-0.05, 0) is 37.1 Å². The normalized spacial score (nSPS) is 17.2. The Morgan fingerprint density at radius 3 is 2.96 bits per heavy atom. The van der Waals surface area contributed by atoms with Gasteiger partial charge in [-0.3, -0.25) is 0 Å². The summed E-state index contributed by atoms with van der Waals surface area (Å²) >= 11 is 0. The van der Waals surface area contributed by atoms with Crippen molar-refractivity contribution in [3.05, 3.63) is 59.4 Å². The third-order valence-corrected chi connectivity index (χ3v) is 4.70. The van der Waals surface area contributed by atoms with E-state index in [9.17, 15) is 13.9 Å². The number of nitrogens with zero attached hydrogens (tertiary/aromatic N) is 4. The number of hydrogen-bond acceptors (Lipinski definition) is 5. The van der Waals surface area contributed by atoms with Gasteiger partial charge < -0.3 is 15.4 Å². The topological polar surface area (TPSA) is 77.5 Å². The molecule has 0 aliphatic carbocycles. The third kappa shape index (κ3) is 2.72. The van der Waals surface area contributed by atoms with Gasteiger partial charge in [0.25, 0.3) is 0 Å². The Morgan fingerprint density at radius 2 is 2.15 bits per heavy atom. The third-order valence-electron chi connectivity index (χ3n) is 4.70. The second-order valence-electron chi connectivity index (χ2n) is 6.27. The van der Waals surface area contributed by atoms with Crippen molar-refractivity contribution in [2.24, 2.45) is 0 Å². The van der Waals surface area contributed by atoms with Gasteiger partial charge in [0, 0.05) is 18.3 Å². The molecule has 1 saturated heterocycles. The smallest absolute Gasteiger partial charge is 0.166 e. The summed E-state index contributed by atoms with van der Waals surface area (Å²) < 4.78 is 29.4. The molecule has 0 bridgehead atoms. The van der Waals surface area contributed by atoms with E-state index < -0.39 is 18.2 Å². The van der Waals surface area contributed by atoms with Gasteiger partial charge in [0.15, 0.2) is 5.65 Å². The number of nitrogens with one attached hydrogen (secondary N) is 1. The van der Waals surface area contributed by atoms with Crippen LogP contribution in [-0.2, 0) is 0 Å². The van der Waals surface area contributed by atoms with Crippen LogP contribution in [0, 0.1) is 17.0 Å². The van der Waals surface area contributed by atoms with E-state index in [2.05, 4.69) is 10.1 Å². The van der Waals surface area contributed by atoms with Crippen LogP contribution in [0.15, 0.2) is 36.7 Å². The van der Waals surface area contributed by atoms with Crippen LogP contribution in [0.3, 0.4) is 0 Å². The Morgan fingerprint density at radius 1 is 1.31 bits per heavy atom. The Hall–Kier alpha value is -2.87. The summed E-state index contributed by atoms with van der Waals surface area (Å²) in [5.41, 5.74) is 1.24. The standard InChI is InChI=1S/C18H17F2N5O/c19-11-3-4-14(20)12(8-11)16-2-1-6-24(16)17-5-7-25-18(23-17)13(9-22-25)15(21)10-26/h3-5,7-9,16,21,26H,1-2,6,10H2/t16-/m1/s1. The van der Waals surface area contributed by atoms with Gasteiger partial charge >= 0.3 is 0 Å². The monoisotopic (exact) mass is 357 g/mol. The molecule has 1 aliphatic rings. The maximum atomic E-state index is 14.2. The molecule has 8 heteroatoms. The number of halogens is 2. The second-order valence-corrected chi connectivity index (χ2v) is 6.27. The molecule has 0 amide bonds. The Labute approximate surface area is 148 Å². The minimum absolute atomic E-state index is 0.0267. The highest BCUT2D eigenvalue weighted by Crippen LogP contribution is 2.36. The fraction of sp³-hybridized carbons (Fsp3) is 0.278. The Kier molecular flexibility index (Phi) is 4.12. The highest BCUT2D eigenvalue weighted by molar-refractivity contribution is 6.03. The quantitative estimate of drug-likeness (QED) is 0.704. The molecule has 3 heterocycles. The number of rotatable bonds is 4. The molecule has 0 unspecified atom stereocenters. The first-order valence-corrected chi connectivity index (χ1v) is 8.33. The van der Waals surface area contributed by atoms with E-state index in [0.29, 0.717) is 35.6 Å². The molecule has 1 fully saturated rings. The fourth-order valence-corrected chi connectivity index (χ4v) is 3.45. The first-order chi connectivity index (χ1) is 12.6. The Bertz CT molecular complexity index is 987. The average Bonchev–Trinajstić information content (AvgIpc) is 3.29. The number of aliphatic hydroxyl groups is 1. The van der Waals surface area contributed by atoms with Gasteiger partial charge in [-0.2, -0.15) is 5.10 Å². The average molecular weight is 357 g/mol. The number of aromatic nitrogens is 3. The van der Waals surface area contributed by atoms with Crippen molar-refractivity contribution in [3.63, 3.8) is 0 Å². The van der Waals surface area contributed by atoms with E-state index in [1.165, 1.54) is 16.8 Å². The van der Waals surface area contributed by atoms with Crippen LogP contribution in [-0.4, -0.2) is 38.6 Å². The lowest BCUT2D eigenvalue weighted by atomic mass is 10.0. The summed E-state index contributed by atoms with van der Waals surface area (Å²) in [6.45, 7) is 0.263. The lowest BCUT2D eigenvalue weighted by molar-refractivity contribution is 0.357. The summed E-state index contributed by atoms with van der Waals surface area (Å²) in [7, 11) is 0. The second kappa shape index (κ2) is 6.45. The maximum Gasteiger partial charge on any atom is 0.166 e. The van der Waals surface area contributed by atoms with Crippen molar-refractivity contribution in [1.29, 1.82) is 5.41 Å². The Balaban J connectivity index is 1.76. The molecule has 2 N–H and O–H groups in total. The minimum atomic E-state index is -0.467. The van der Waals surface area contributed by atoms with Crippen molar-refractivity contribution >= 4 is 17.2 Å². The highest BCUT2D eigenvalue weighted by atomic mass is 19.1. The van der Waals surface area contributed by atoms with E-state index >= 15 is 0 Å². The highest BCUT2D eigenvalue weighted by Gasteiger charge is 2.30. The van der Waals surface area contributed by atoms with Gasteiger partial charge in [0.1, 0.15) is 17.5 Å². The number of hydrogen-bond donors (Lipinski definition) is 2. The van der Waals surface area contributed by atoms with Gasteiger partial charge in [-0.1, -0.05) is 0 Å². The van der Waals surface area contributed by atoms with Crippen LogP contribution >= 0.6 is 0 Å². The molecule has 1 aromatic carbocycles. The van der Waals surface area contributed by atoms with Crippen LogP contribution in [0.5, 0.6) is 0 Å². The van der Waals surface area contributed by atoms with E-state index in [0.717, 1.165) is 18.6 Å². The summed E-state index contributed by atoms with van der Waals surface area (Å²) in [5, 5.41) is 21.2. The molecule has 0 saturated carbocycles. The summed E-state index contributed by atoms with van der Waals surface area (Å²) in [5.74, 6) is -0.293. The van der Waals surface area contributed by atoms with Crippen molar-refractivity contribution in [3.8, 4) is 0 Å². The van der Waals surface area contributed by atoms with E-state index in [4.69, 9.17) is 5.41 Å². The van der Waals surface area contributed by atoms with Gasteiger partial charge in [-0.25, -0.2) is 18.3 Å². The van der Waals surface area contributed by atoms with E-state index in [1.807, 2.05) is 4.90 Å². The molecule has 0 spiro atoms. The molecule has 0 radical (unpaired) electrons. The van der Waals surface area contributed by atoms with Gasteiger partial charge in [0.2, 0.25) is 0 Å². The zero-order valence-corrected chi connectivity index (χ0v) is 13.9. The van der Waals surface area contributed by atoms with Crippen molar-refractivity contribution < 1.29 is 13.9 Å². The number of anilines is 1. The summed E-state index contributed by atoms with van der Waals surface area (Å²) in [4.78, 5) is 6.51. The molecule has 1 aliphatic heterocycles. The zero-order valence-electron chi connectivity index (χ0n) is 13.9. The van der Waals surface area contributed by atoms with Crippen molar-refractivity contribution in [1.82, 2.24) is 14.6 Å². The van der Waals surface area contributed by atoms with Crippen LogP contribution in [0.1, 0.15) is 30.0 Å². The number of aliphatic hydroxyl groups excluding tert-OH is 1. The molecule has 1 atom stereocenters. The molecule has 2 aromatic heterocycles. The van der Waals surface area contributed by atoms with E-state index in [-0.39, 0.29) is 11.8 Å². The first kappa shape index (κ1) is 16.6. The van der Waals surface area contributed by atoms with Crippen LogP contribution < -0.4 is 4.90 Å². The molecule has 134 valence electrons. The number of benzene rings is 1. The lowest BCUT2D eigenvalue weighted by Gasteiger charge is -2.26. The van der Waals surface area contributed by atoms with Crippen LogP contribution in [0.4, 0.5) is 14.6 Å². The maximum absolute atomic E-state index is 14.2. The largest absolute Gasteiger partial charge is 0.390 e. The lowest BCUT2D eigenvalue weighted by Crippen LogP contribution is -2.24. The molecule has 3 aromatic rings. The predicted octanol–water partition coefficient (Wildman–Crippen LogP) is 2.71. The van der Waals surface area contributed by atoms with Gasteiger partial charge in [0.05, 0.1) is 30.1 Å². The van der Waals surface area contributed by atoms with Crippen LogP contribution in [0.25, 0.3) is 5.65 Å². The molecular formula is C18H17F2N5O. The predicted molar refractivity (Wildman–Crippen MR) is 92.6 cm³/mol. The first-order valence-electron chi connectivity index (χ1n) is 8.33. The van der Waals surface area contributed by atoms with Crippen molar-refractivity contribution in [2.75, 3.05) is 18.1 Å². The van der Waals surface area contributed by atoms with Crippen LogP contribution in [0.2, 0.25) is 0 Å². The van der Waals surface area contributed by atoms with E-state index in [1.54, 1.807) is 12.3 Å². The summed E-state index contributed by atoms with van der Waals surface area (Å²) in [6.07, 6.45) is 4.74.